The van der Waals surface area contributed by atoms with Crippen molar-refractivity contribution in [1.82, 2.24) is 15.2 Å². The van der Waals surface area contributed by atoms with Crippen molar-refractivity contribution in [2.45, 2.75) is 31.4 Å². The van der Waals surface area contributed by atoms with E-state index in [1.54, 1.807) is 12.1 Å². The average molecular weight is 429 g/mol. The van der Waals surface area contributed by atoms with Crippen molar-refractivity contribution >= 4 is 11.7 Å². The number of hydrogen-bond acceptors (Lipinski definition) is 6. The van der Waals surface area contributed by atoms with E-state index in [0.29, 0.717) is 24.4 Å². The minimum absolute atomic E-state index is 0.000355. The second kappa shape index (κ2) is 8.21. The number of alkyl halides is 2. The highest BCUT2D eigenvalue weighted by molar-refractivity contribution is 5.94. The van der Waals surface area contributed by atoms with Crippen molar-refractivity contribution in [3.05, 3.63) is 65.7 Å². The molecule has 0 radical (unpaired) electrons. The van der Waals surface area contributed by atoms with Crippen molar-refractivity contribution in [2.24, 2.45) is 5.73 Å². The van der Waals surface area contributed by atoms with Crippen molar-refractivity contribution in [1.29, 1.82) is 0 Å². The number of carbonyl (C=O) groups is 1. The Balaban J connectivity index is 1.61. The van der Waals surface area contributed by atoms with Crippen LogP contribution in [-0.4, -0.2) is 27.7 Å². The van der Waals surface area contributed by atoms with Crippen LogP contribution in [-0.2, 0) is 5.54 Å². The SMILES string of the molecule is NC(=O)c1ccc(F)c(-c2ccc(NC3(c4ncccc4OC(F)F)CCC3)nn2)c1. The maximum atomic E-state index is 14.2. The minimum atomic E-state index is -2.97. The molecule has 160 valence electrons. The first kappa shape index (κ1) is 20.6. The minimum Gasteiger partial charge on any atom is -0.433 e. The molecule has 1 aliphatic carbocycles. The van der Waals surface area contributed by atoms with Crippen LogP contribution in [0, 0.1) is 5.82 Å². The highest BCUT2D eigenvalue weighted by Crippen LogP contribution is 2.46. The number of anilines is 1. The first-order chi connectivity index (χ1) is 14.9. The van der Waals surface area contributed by atoms with Gasteiger partial charge in [-0.15, -0.1) is 10.2 Å². The van der Waals surface area contributed by atoms with Gasteiger partial charge < -0.3 is 15.8 Å². The van der Waals surface area contributed by atoms with Gasteiger partial charge in [0.15, 0.2) is 0 Å². The van der Waals surface area contributed by atoms with Gasteiger partial charge in [-0.05, 0) is 61.7 Å². The van der Waals surface area contributed by atoms with Gasteiger partial charge in [0.1, 0.15) is 23.1 Å². The molecule has 10 heteroatoms. The molecule has 1 aliphatic rings. The second-order valence-corrected chi connectivity index (χ2v) is 7.15. The molecule has 1 saturated carbocycles. The van der Waals surface area contributed by atoms with E-state index in [-0.39, 0.29) is 22.6 Å². The zero-order chi connectivity index (χ0) is 22.0. The van der Waals surface area contributed by atoms with Crippen molar-refractivity contribution in [3.63, 3.8) is 0 Å². The molecule has 0 aliphatic heterocycles. The first-order valence-corrected chi connectivity index (χ1v) is 9.50. The molecule has 1 fully saturated rings. The van der Waals surface area contributed by atoms with Crippen LogP contribution >= 0.6 is 0 Å². The fraction of sp³-hybridized carbons (Fsp3) is 0.238. The Morgan fingerprint density at radius 2 is 1.97 bits per heavy atom. The number of pyridine rings is 1. The molecule has 0 saturated heterocycles. The van der Waals surface area contributed by atoms with E-state index in [1.807, 2.05) is 0 Å². The van der Waals surface area contributed by atoms with Gasteiger partial charge in [-0.3, -0.25) is 9.78 Å². The van der Waals surface area contributed by atoms with E-state index < -0.39 is 23.9 Å². The van der Waals surface area contributed by atoms with Crippen LogP contribution in [0.4, 0.5) is 19.0 Å². The molecule has 1 amide bonds. The largest absolute Gasteiger partial charge is 0.433 e. The average Bonchev–Trinajstić information content (AvgIpc) is 2.72. The normalized spacial score (nSPS) is 14.7. The lowest BCUT2D eigenvalue weighted by atomic mass is 9.73. The van der Waals surface area contributed by atoms with Gasteiger partial charge in [-0.1, -0.05) is 0 Å². The number of halogens is 3. The highest BCUT2D eigenvalue weighted by Gasteiger charge is 2.43. The van der Waals surface area contributed by atoms with E-state index in [9.17, 15) is 18.0 Å². The molecule has 0 atom stereocenters. The standard InChI is InChI=1S/C21H18F3N5O2/c22-14-5-4-12(19(25)30)11-13(14)15-6-7-17(29-28-15)27-21(8-2-9-21)18-16(31-20(23)24)3-1-10-26-18/h1,3-7,10-11,20H,2,8-9H2,(H2,25,30)(H,27,29). The Hall–Kier alpha value is -3.69. The zero-order valence-electron chi connectivity index (χ0n) is 16.2. The summed E-state index contributed by atoms with van der Waals surface area (Å²) >= 11 is 0. The summed E-state index contributed by atoms with van der Waals surface area (Å²) in [6.07, 6.45) is 3.66. The third-order valence-electron chi connectivity index (χ3n) is 5.21. The molecule has 2 aromatic heterocycles. The summed E-state index contributed by atoms with van der Waals surface area (Å²) in [5, 5.41) is 11.3. The smallest absolute Gasteiger partial charge is 0.387 e. The Bertz CT molecular complexity index is 1100. The van der Waals surface area contributed by atoms with Crippen LogP contribution in [0.15, 0.2) is 48.7 Å². The van der Waals surface area contributed by atoms with Crippen LogP contribution in [0.1, 0.15) is 35.3 Å². The predicted octanol–water partition coefficient (Wildman–Crippen LogP) is 3.87. The quantitative estimate of drug-likeness (QED) is 0.591. The maximum Gasteiger partial charge on any atom is 0.387 e. The predicted molar refractivity (Wildman–Crippen MR) is 106 cm³/mol. The van der Waals surface area contributed by atoms with Gasteiger partial charge in [0.05, 0.1) is 11.2 Å². The molecule has 3 N–H and O–H groups in total. The van der Waals surface area contributed by atoms with Crippen molar-refractivity contribution in [2.75, 3.05) is 5.32 Å². The fourth-order valence-electron chi connectivity index (χ4n) is 3.55. The molecule has 0 unspecified atom stereocenters. The monoisotopic (exact) mass is 429 g/mol. The molecule has 2 heterocycles. The number of rotatable bonds is 7. The van der Waals surface area contributed by atoms with Gasteiger partial charge in [0.25, 0.3) is 0 Å². The lowest BCUT2D eigenvalue weighted by Gasteiger charge is -2.42. The number of primary amides is 1. The second-order valence-electron chi connectivity index (χ2n) is 7.15. The number of nitrogens with one attached hydrogen (secondary N) is 1. The number of aromatic nitrogens is 3. The molecule has 4 rings (SSSR count). The maximum absolute atomic E-state index is 14.2. The van der Waals surface area contributed by atoms with Crippen LogP contribution in [0.25, 0.3) is 11.3 Å². The molecule has 1 aromatic carbocycles. The molecule has 7 nitrogen and oxygen atoms in total. The fourth-order valence-corrected chi connectivity index (χ4v) is 3.55. The lowest BCUT2D eigenvalue weighted by molar-refractivity contribution is -0.0517. The summed E-state index contributed by atoms with van der Waals surface area (Å²) < 4.78 is 44.4. The van der Waals surface area contributed by atoms with E-state index in [4.69, 9.17) is 5.73 Å². The van der Waals surface area contributed by atoms with Crippen molar-refractivity contribution < 1.29 is 22.7 Å². The highest BCUT2D eigenvalue weighted by atomic mass is 19.3. The van der Waals surface area contributed by atoms with E-state index >= 15 is 0 Å². The number of hydrogen-bond donors (Lipinski definition) is 2. The van der Waals surface area contributed by atoms with Crippen molar-refractivity contribution in [3.8, 4) is 17.0 Å². The summed E-state index contributed by atoms with van der Waals surface area (Å²) in [5.41, 5.74) is 5.35. The summed E-state index contributed by atoms with van der Waals surface area (Å²) in [4.78, 5) is 15.6. The topological polar surface area (TPSA) is 103 Å². The molecule has 3 aromatic rings. The number of ether oxygens (including phenoxy) is 1. The number of carbonyl (C=O) groups excluding carboxylic acids is 1. The van der Waals surface area contributed by atoms with Gasteiger partial charge in [-0.2, -0.15) is 8.78 Å². The summed E-state index contributed by atoms with van der Waals surface area (Å²) in [5.74, 6) is -0.891. The van der Waals surface area contributed by atoms with Gasteiger partial charge in [0.2, 0.25) is 5.91 Å². The molecule has 0 bridgehead atoms. The number of nitrogens with zero attached hydrogens (tertiary/aromatic N) is 3. The van der Waals surface area contributed by atoms with E-state index in [1.165, 1.54) is 30.5 Å². The van der Waals surface area contributed by atoms with Crippen LogP contribution in [0.2, 0.25) is 0 Å². The molecular formula is C21H18F3N5O2. The summed E-state index contributed by atoms with van der Waals surface area (Å²) in [6.45, 7) is -2.97. The molecule has 0 spiro atoms. The third kappa shape index (κ3) is 4.14. The Labute approximate surface area is 175 Å². The third-order valence-corrected chi connectivity index (χ3v) is 5.21. The number of benzene rings is 1. The Morgan fingerprint density at radius 3 is 2.58 bits per heavy atom. The molecular weight excluding hydrogens is 411 g/mol. The van der Waals surface area contributed by atoms with E-state index in [2.05, 4.69) is 25.2 Å². The first-order valence-electron chi connectivity index (χ1n) is 9.50. The van der Waals surface area contributed by atoms with Gasteiger partial charge in [-0.25, -0.2) is 4.39 Å². The summed E-state index contributed by atoms with van der Waals surface area (Å²) in [6, 6.07) is 9.84. The number of amides is 1. The zero-order valence-corrected chi connectivity index (χ0v) is 16.2. The number of nitrogens with two attached hydrogens (primary N) is 1. The van der Waals surface area contributed by atoms with Gasteiger partial charge in [0, 0.05) is 17.3 Å². The van der Waals surface area contributed by atoms with Crippen LogP contribution in [0.3, 0.4) is 0 Å². The Kier molecular flexibility index (Phi) is 5.45. The molecule has 31 heavy (non-hydrogen) atoms. The lowest BCUT2D eigenvalue weighted by Crippen LogP contribution is -2.43. The Morgan fingerprint density at radius 1 is 1.16 bits per heavy atom. The summed E-state index contributed by atoms with van der Waals surface area (Å²) in [7, 11) is 0. The van der Waals surface area contributed by atoms with E-state index in [0.717, 1.165) is 12.5 Å². The van der Waals surface area contributed by atoms with Crippen LogP contribution < -0.4 is 15.8 Å². The van der Waals surface area contributed by atoms with Gasteiger partial charge >= 0.3 is 6.61 Å². The van der Waals surface area contributed by atoms with Crippen LogP contribution in [0.5, 0.6) is 5.75 Å².